The molecule has 0 N–H and O–H groups in total. The third-order valence-corrected chi connectivity index (χ3v) is 11.4. The predicted octanol–water partition coefficient (Wildman–Crippen LogP) is 11.0. The van der Waals surface area contributed by atoms with Gasteiger partial charge in [0, 0.05) is 25.7 Å². The first-order valence-electron chi connectivity index (χ1n) is 26.7. The number of esters is 7. The molecule has 0 aliphatic carbocycles. The number of hydrogen-bond donors (Lipinski definition) is 0. The number of nitrogens with zero attached hydrogens (tertiary/aromatic N) is 1. The van der Waals surface area contributed by atoms with Gasteiger partial charge in [0.25, 0.3) is 0 Å². The first kappa shape index (κ1) is 64.2. The summed E-state index contributed by atoms with van der Waals surface area (Å²) in [5, 5.41) is 0. The molecule has 0 amide bonds. The molecule has 0 fully saturated rings. The fourth-order valence-corrected chi connectivity index (χ4v) is 7.24. The van der Waals surface area contributed by atoms with Crippen LogP contribution in [0.3, 0.4) is 0 Å². The van der Waals surface area contributed by atoms with Crippen molar-refractivity contribution < 1.29 is 66.7 Å². The third kappa shape index (κ3) is 40.2. The smallest absolute Gasteiger partial charge is 0.351 e. The molecule has 0 spiro atoms. The van der Waals surface area contributed by atoms with E-state index in [1.54, 1.807) is 0 Å². The first-order chi connectivity index (χ1) is 32.9. The normalized spacial score (nSPS) is 11.3. The molecular formula is C53H95NO14. The van der Waals surface area contributed by atoms with Gasteiger partial charge in [0.1, 0.15) is 0 Å². The van der Waals surface area contributed by atoms with Crippen molar-refractivity contribution in [3.8, 4) is 0 Å². The van der Waals surface area contributed by atoms with Crippen LogP contribution >= 0.6 is 0 Å². The van der Waals surface area contributed by atoms with Crippen molar-refractivity contribution in [3.05, 3.63) is 0 Å². The minimum absolute atomic E-state index is 0.00267. The second-order valence-corrected chi connectivity index (χ2v) is 18.3. The van der Waals surface area contributed by atoms with Crippen LogP contribution in [0.25, 0.3) is 0 Å². The molecule has 0 aromatic heterocycles. The monoisotopic (exact) mass is 970 g/mol. The molecule has 0 heterocycles. The Bertz CT molecular complexity index is 1270. The van der Waals surface area contributed by atoms with Crippen LogP contribution in [0.1, 0.15) is 233 Å². The lowest BCUT2D eigenvalue weighted by Crippen LogP contribution is -2.48. The highest BCUT2D eigenvalue weighted by Crippen LogP contribution is 2.27. The van der Waals surface area contributed by atoms with Gasteiger partial charge < -0.3 is 38.1 Å². The summed E-state index contributed by atoms with van der Waals surface area (Å²) in [6.45, 7) is 7.93. The van der Waals surface area contributed by atoms with Crippen molar-refractivity contribution >= 4 is 41.8 Å². The van der Waals surface area contributed by atoms with E-state index in [1.165, 1.54) is 0 Å². The van der Waals surface area contributed by atoms with Gasteiger partial charge in [-0.1, -0.05) is 104 Å². The lowest BCUT2D eigenvalue weighted by atomic mass is 9.94. The zero-order chi connectivity index (χ0) is 50.4. The van der Waals surface area contributed by atoms with Crippen LogP contribution in [-0.4, -0.2) is 113 Å². The Labute approximate surface area is 410 Å². The molecule has 0 aliphatic rings. The molecule has 0 aromatic carbocycles. The van der Waals surface area contributed by atoms with Crippen molar-refractivity contribution in [2.24, 2.45) is 0 Å². The largest absolute Gasteiger partial charge is 0.466 e. The van der Waals surface area contributed by atoms with Gasteiger partial charge in [-0.3, -0.25) is 28.8 Å². The van der Waals surface area contributed by atoms with E-state index in [4.69, 9.17) is 33.2 Å². The fourth-order valence-electron chi connectivity index (χ4n) is 7.24. The summed E-state index contributed by atoms with van der Waals surface area (Å²) in [4.78, 5) is 92.5. The summed E-state index contributed by atoms with van der Waals surface area (Å²) in [5.41, 5.74) is -2.34. The highest BCUT2D eigenvalue weighted by molar-refractivity contribution is 5.92. The quantitative estimate of drug-likeness (QED) is 0.0318. The second kappa shape index (κ2) is 45.7. The van der Waals surface area contributed by atoms with E-state index in [0.717, 1.165) is 116 Å². The summed E-state index contributed by atoms with van der Waals surface area (Å²) in [7, 11) is 3.92. The molecule has 0 radical (unpaired) electrons. The topological polar surface area (TPSA) is 187 Å². The minimum Gasteiger partial charge on any atom is -0.466 e. The molecule has 15 heteroatoms. The Balaban J connectivity index is 5.57. The fraction of sp³-hybridized carbons (Fsp3) is 0.868. The van der Waals surface area contributed by atoms with Crippen molar-refractivity contribution in [2.45, 2.75) is 238 Å². The average Bonchev–Trinajstić information content (AvgIpc) is 3.29. The lowest BCUT2D eigenvalue weighted by Gasteiger charge is -2.30. The molecule has 0 unspecified atom stereocenters. The Kier molecular flexibility index (Phi) is 43.2. The number of rotatable bonds is 48. The summed E-state index contributed by atoms with van der Waals surface area (Å²) in [6, 6.07) is 0. The summed E-state index contributed by atoms with van der Waals surface area (Å²) < 4.78 is 38.5. The van der Waals surface area contributed by atoms with E-state index >= 15 is 0 Å². The Morgan fingerprint density at radius 1 is 0.324 bits per heavy atom. The summed E-state index contributed by atoms with van der Waals surface area (Å²) >= 11 is 0. The van der Waals surface area contributed by atoms with Crippen molar-refractivity contribution in [3.63, 3.8) is 0 Å². The highest BCUT2D eigenvalue weighted by Gasteiger charge is 2.49. The summed E-state index contributed by atoms with van der Waals surface area (Å²) in [6.07, 6.45) is 22.1. The zero-order valence-electron chi connectivity index (χ0n) is 43.4. The molecule has 0 aliphatic heterocycles. The number of unbranched alkanes of at least 4 members (excludes halogenated alkanes) is 20. The lowest BCUT2D eigenvalue weighted by molar-refractivity contribution is -0.191. The van der Waals surface area contributed by atoms with Gasteiger partial charge in [-0.05, 0) is 111 Å². The Morgan fingerprint density at radius 3 is 0.941 bits per heavy atom. The zero-order valence-corrected chi connectivity index (χ0v) is 43.4. The second-order valence-electron chi connectivity index (χ2n) is 18.3. The Morgan fingerprint density at radius 2 is 0.603 bits per heavy atom. The number of ether oxygens (including phenoxy) is 7. The Hall–Kier alpha value is -3.75. The van der Waals surface area contributed by atoms with E-state index in [9.17, 15) is 33.6 Å². The van der Waals surface area contributed by atoms with Gasteiger partial charge in [-0.25, -0.2) is 4.79 Å². The van der Waals surface area contributed by atoms with Gasteiger partial charge in [0.2, 0.25) is 5.60 Å². The third-order valence-electron chi connectivity index (χ3n) is 11.4. The number of hydrogen-bond acceptors (Lipinski definition) is 15. The maximum absolute atomic E-state index is 14.0. The predicted molar refractivity (Wildman–Crippen MR) is 263 cm³/mol. The van der Waals surface area contributed by atoms with Crippen LogP contribution in [0.2, 0.25) is 0 Å². The van der Waals surface area contributed by atoms with E-state index < -0.39 is 42.3 Å². The minimum atomic E-state index is -2.34. The highest BCUT2D eigenvalue weighted by atomic mass is 16.6. The van der Waals surface area contributed by atoms with Crippen LogP contribution in [0, 0.1) is 0 Å². The van der Waals surface area contributed by atoms with Gasteiger partial charge in [0.05, 0.1) is 52.5 Å². The van der Waals surface area contributed by atoms with Crippen molar-refractivity contribution in [1.82, 2.24) is 4.90 Å². The molecule has 0 bridgehead atoms. The van der Waals surface area contributed by atoms with Crippen LogP contribution in [0.5, 0.6) is 0 Å². The molecule has 0 saturated heterocycles. The van der Waals surface area contributed by atoms with Crippen LogP contribution < -0.4 is 0 Å². The van der Waals surface area contributed by atoms with Gasteiger partial charge >= 0.3 is 41.8 Å². The molecule has 0 aromatic rings. The molecule has 396 valence electrons. The molecule has 0 atom stereocenters. The molecule has 68 heavy (non-hydrogen) atoms. The molecular weight excluding hydrogens is 875 g/mol. The maximum atomic E-state index is 14.0. The molecule has 0 saturated carbocycles. The van der Waals surface area contributed by atoms with Gasteiger partial charge in [0.15, 0.2) is 0 Å². The molecule has 0 rings (SSSR count). The summed E-state index contributed by atoms with van der Waals surface area (Å²) in [5.74, 6) is -4.19. The van der Waals surface area contributed by atoms with Gasteiger partial charge in [-0.2, -0.15) is 0 Å². The SMILES string of the molecule is CCCCCCCC(=O)OCCCCCOC(=O)CC(CC(=O)OCCCCCOC(=O)CCCCCCC)(OC(=O)CCCCCN(C)C)C(=O)OCCCCCOC(=O)CCCCCCC. The van der Waals surface area contributed by atoms with E-state index in [2.05, 4.69) is 20.8 Å². The van der Waals surface area contributed by atoms with Crippen molar-refractivity contribution in [1.29, 1.82) is 0 Å². The number of carbonyl (C=O) groups is 7. The molecule has 15 nitrogen and oxygen atoms in total. The average molecular weight is 970 g/mol. The van der Waals surface area contributed by atoms with Crippen LogP contribution in [0.15, 0.2) is 0 Å². The van der Waals surface area contributed by atoms with E-state index in [1.807, 2.05) is 19.0 Å². The van der Waals surface area contributed by atoms with Crippen LogP contribution in [-0.2, 0) is 66.7 Å². The van der Waals surface area contributed by atoms with E-state index in [0.29, 0.717) is 83.5 Å². The standard InChI is InChI=1S/C53H95NO14/c1-6-9-12-15-22-33-46(55)62-38-27-19-30-41-65-50(59)44-53(68-49(58)36-25-18-26-37-54(4)5,52(61)67-43-32-21-29-40-64-48(57)35-24-17-14-11-8-3)45-51(60)66-42-31-20-28-39-63-47(56)34-23-16-13-10-7-2/h6-45H2,1-5H3. The van der Waals surface area contributed by atoms with Gasteiger partial charge in [-0.15, -0.1) is 0 Å². The number of carbonyl (C=O) groups excluding carboxylic acids is 7. The van der Waals surface area contributed by atoms with E-state index in [-0.39, 0.29) is 64.0 Å². The first-order valence-corrected chi connectivity index (χ1v) is 26.7. The van der Waals surface area contributed by atoms with Crippen LogP contribution in [0.4, 0.5) is 0 Å². The van der Waals surface area contributed by atoms with Crippen molar-refractivity contribution in [2.75, 3.05) is 60.3 Å². The maximum Gasteiger partial charge on any atom is 0.351 e.